The number of ether oxygens (including phenoxy) is 2. The van der Waals surface area contributed by atoms with Gasteiger partial charge in [-0.25, -0.2) is 4.79 Å². The van der Waals surface area contributed by atoms with Gasteiger partial charge in [-0.2, -0.15) is 0 Å². The summed E-state index contributed by atoms with van der Waals surface area (Å²) in [6, 6.07) is 8.23. The number of hydrogen-bond acceptors (Lipinski definition) is 6. The molecule has 0 aliphatic heterocycles. The van der Waals surface area contributed by atoms with Gasteiger partial charge in [0.1, 0.15) is 18.9 Å². The van der Waals surface area contributed by atoms with E-state index < -0.39 is 11.9 Å². The molecule has 0 unspecified atom stereocenters. The van der Waals surface area contributed by atoms with Crippen LogP contribution in [0, 0.1) is 13.8 Å². The Labute approximate surface area is 144 Å². The van der Waals surface area contributed by atoms with Crippen molar-refractivity contribution in [3.05, 3.63) is 58.5 Å². The number of hydrogen-bond donors (Lipinski definition) is 1. The van der Waals surface area contributed by atoms with Crippen LogP contribution in [0.5, 0.6) is 0 Å². The fourth-order valence-electron chi connectivity index (χ4n) is 2.01. The summed E-state index contributed by atoms with van der Waals surface area (Å²) < 4.78 is 14.7. The molecule has 132 valence electrons. The van der Waals surface area contributed by atoms with Crippen LogP contribution < -0.4 is 5.32 Å². The Balaban J connectivity index is 1.80. The Morgan fingerprint density at radius 3 is 2.52 bits per heavy atom. The SMILES string of the molecule is COC(=O)c1ccc(COC(=O)CNC(=O)c2ccc(C)c(C)c2)o1. The largest absolute Gasteiger partial charge is 0.463 e. The predicted molar refractivity (Wildman–Crippen MR) is 88.1 cm³/mol. The van der Waals surface area contributed by atoms with E-state index in [0.717, 1.165) is 11.1 Å². The van der Waals surface area contributed by atoms with Crippen LogP contribution in [0.25, 0.3) is 0 Å². The number of methoxy groups -OCH3 is 1. The van der Waals surface area contributed by atoms with Crippen molar-refractivity contribution in [2.24, 2.45) is 0 Å². The zero-order valence-electron chi connectivity index (χ0n) is 14.3. The molecule has 0 aliphatic carbocycles. The first-order chi connectivity index (χ1) is 11.9. The second-order valence-corrected chi connectivity index (χ2v) is 5.40. The van der Waals surface area contributed by atoms with Crippen LogP contribution in [0.15, 0.2) is 34.7 Å². The van der Waals surface area contributed by atoms with Gasteiger partial charge < -0.3 is 19.2 Å². The fourth-order valence-corrected chi connectivity index (χ4v) is 2.01. The lowest BCUT2D eigenvalue weighted by Gasteiger charge is -2.07. The van der Waals surface area contributed by atoms with E-state index in [2.05, 4.69) is 10.1 Å². The molecule has 2 rings (SSSR count). The van der Waals surface area contributed by atoms with Gasteiger partial charge in [-0.15, -0.1) is 0 Å². The van der Waals surface area contributed by atoms with Gasteiger partial charge in [-0.1, -0.05) is 6.07 Å². The van der Waals surface area contributed by atoms with Gasteiger partial charge in [0.15, 0.2) is 0 Å². The fraction of sp³-hybridized carbons (Fsp3) is 0.278. The zero-order valence-corrected chi connectivity index (χ0v) is 14.3. The molecule has 0 spiro atoms. The number of aryl methyl sites for hydroxylation is 2. The minimum absolute atomic E-state index is 0.0246. The third kappa shape index (κ3) is 4.94. The molecule has 7 nitrogen and oxygen atoms in total. The summed E-state index contributed by atoms with van der Waals surface area (Å²) >= 11 is 0. The molecular formula is C18H19NO6. The number of carbonyl (C=O) groups excluding carboxylic acids is 3. The van der Waals surface area contributed by atoms with Crippen LogP contribution in [-0.4, -0.2) is 31.5 Å². The molecule has 1 N–H and O–H groups in total. The van der Waals surface area contributed by atoms with Crippen LogP contribution >= 0.6 is 0 Å². The van der Waals surface area contributed by atoms with Crippen LogP contribution in [0.3, 0.4) is 0 Å². The zero-order chi connectivity index (χ0) is 18.4. The van der Waals surface area contributed by atoms with Gasteiger partial charge in [-0.05, 0) is 49.2 Å². The molecular weight excluding hydrogens is 326 g/mol. The van der Waals surface area contributed by atoms with E-state index >= 15 is 0 Å². The summed E-state index contributed by atoms with van der Waals surface area (Å²) in [5.74, 6) is -1.26. The highest BCUT2D eigenvalue weighted by Crippen LogP contribution is 2.11. The average Bonchev–Trinajstić information content (AvgIpc) is 3.08. The maximum Gasteiger partial charge on any atom is 0.373 e. The summed E-state index contributed by atoms with van der Waals surface area (Å²) in [5, 5.41) is 2.50. The molecule has 1 aromatic heterocycles. The van der Waals surface area contributed by atoms with Crippen LogP contribution in [0.4, 0.5) is 0 Å². The Kier molecular flexibility index (Phi) is 5.94. The molecule has 0 saturated heterocycles. The summed E-state index contributed by atoms with van der Waals surface area (Å²) in [7, 11) is 1.24. The maximum atomic E-state index is 12.0. The van der Waals surface area contributed by atoms with E-state index in [4.69, 9.17) is 9.15 Å². The first-order valence-corrected chi connectivity index (χ1v) is 7.59. The number of esters is 2. The number of rotatable bonds is 6. The lowest BCUT2D eigenvalue weighted by Crippen LogP contribution is -2.30. The molecule has 25 heavy (non-hydrogen) atoms. The van der Waals surface area contributed by atoms with Crippen molar-refractivity contribution >= 4 is 17.8 Å². The first-order valence-electron chi connectivity index (χ1n) is 7.59. The molecule has 7 heteroatoms. The minimum atomic E-state index is -0.617. The standard InChI is InChI=1S/C18H19NO6/c1-11-4-5-13(8-12(11)2)17(21)19-9-16(20)24-10-14-6-7-15(25-14)18(22)23-3/h4-8H,9-10H2,1-3H3,(H,19,21). The second kappa shape index (κ2) is 8.14. The van der Waals surface area contributed by atoms with E-state index in [1.807, 2.05) is 19.9 Å². The predicted octanol–water partition coefficient (Wildman–Crippen LogP) is 2.16. The molecule has 0 radical (unpaired) electrons. The van der Waals surface area contributed by atoms with E-state index in [-0.39, 0.29) is 24.8 Å². The summed E-state index contributed by atoms with van der Waals surface area (Å²) in [6.07, 6.45) is 0. The molecule has 0 fully saturated rings. The smallest absolute Gasteiger partial charge is 0.373 e. The van der Waals surface area contributed by atoms with Gasteiger partial charge in [0.25, 0.3) is 5.91 Å². The molecule has 0 aliphatic rings. The average molecular weight is 345 g/mol. The monoisotopic (exact) mass is 345 g/mol. The van der Waals surface area contributed by atoms with E-state index in [1.165, 1.54) is 19.2 Å². The second-order valence-electron chi connectivity index (χ2n) is 5.40. The lowest BCUT2D eigenvalue weighted by molar-refractivity contribution is -0.144. The third-order valence-corrected chi connectivity index (χ3v) is 3.59. The highest BCUT2D eigenvalue weighted by Gasteiger charge is 2.13. The van der Waals surface area contributed by atoms with Crippen molar-refractivity contribution in [2.75, 3.05) is 13.7 Å². The molecule has 0 atom stereocenters. The van der Waals surface area contributed by atoms with E-state index in [1.54, 1.807) is 12.1 Å². The highest BCUT2D eigenvalue weighted by atomic mass is 16.6. The third-order valence-electron chi connectivity index (χ3n) is 3.59. The van der Waals surface area contributed by atoms with Crippen molar-refractivity contribution in [3.63, 3.8) is 0 Å². The Morgan fingerprint density at radius 2 is 1.84 bits per heavy atom. The van der Waals surface area contributed by atoms with Gasteiger partial charge >= 0.3 is 11.9 Å². The number of benzene rings is 1. The van der Waals surface area contributed by atoms with Crippen LogP contribution in [-0.2, 0) is 20.9 Å². The van der Waals surface area contributed by atoms with Crippen LogP contribution in [0.1, 0.15) is 37.8 Å². The van der Waals surface area contributed by atoms with E-state index in [0.29, 0.717) is 11.3 Å². The summed E-state index contributed by atoms with van der Waals surface area (Å²) in [6.45, 7) is 3.45. The molecule has 0 bridgehead atoms. The van der Waals surface area contributed by atoms with Crippen molar-refractivity contribution in [2.45, 2.75) is 20.5 Å². The highest BCUT2D eigenvalue weighted by molar-refractivity contribution is 5.96. The number of furan rings is 1. The summed E-state index contributed by atoms with van der Waals surface area (Å²) in [5.41, 5.74) is 2.56. The maximum absolute atomic E-state index is 12.0. The normalized spacial score (nSPS) is 10.2. The van der Waals surface area contributed by atoms with Gasteiger partial charge in [0.2, 0.25) is 5.76 Å². The van der Waals surface area contributed by atoms with Gasteiger partial charge in [-0.3, -0.25) is 9.59 Å². The number of carbonyl (C=O) groups is 3. The van der Waals surface area contributed by atoms with Crippen molar-refractivity contribution < 1.29 is 28.3 Å². The Morgan fingerprint density at radius 1 is 1.08 bits per heavy atom. The van der Waals surface area contributed by atoms with Crippen molar-refractivity contribution in [1.29, 1.82) is 0 Å². The molecule has 2 aromatic rings. The number of amides is 1. The lowest BCUT2D eigenvalue weighted by atomic mass is 10.1. The minimum Gasteiger partial charge on any atom is -0.463 e. The topological polar surface area (TPSA) is 94.8 Å². The molecule has 0 saturated carbocycles. The first kappa shape index (κ1) is 18.3. The number of nitrogens with one attached hydrogen (secondary N) is 1. The van der Waals surface area contributed by atoms with E-state index in [9.17, 15) is 14.4 Å². The molecule has 1 amide bonds. The Hall–Kier alpha value is -3.09. The summed E-state index contributed by atoms with van der Waals surface area (Å²) in [4.78, 5) is 35.0. The Bertz CT molecular complexity index is 793. The molecule has 1 aromatic carbocycles. The van der Waals surface area contributed by atoms with Gasteiger partial charge in [0, 0.05) is 5.56 Å². The van der Waals surface area contributed by atoms with Crippen molar-refractivity contribution in [1.82, 2.24) is 5.32 Å². The quantitative estimate of drug-likeness (QED) is 0.806. The van der Waals surface area contributed by atoms with Gasteiger partial charge in [0.05, 0.1) is 7.11 Å². The molecule has 1 heterocycles. The van der Waals surface area contributed by atoms with Crippen molar-refractivity contribution in [3.8, 4) is 0 Å². The van der Waals surface area contributed by atoms with Crippen LogP contribution in [0.2, 0.25) is 0 Å².